The minimum absolute atomic E-state index is 0.00718. The molecule has 1 N–H and O–H groups in total. The number of ether oxygens (including phenoxy) is 2. The molecule has 2 saturated heterocycles. The van der Waals surface area contributed by atoms with E-state index in [0.29, 0.717) is 13.2 Å². The van der Waals surface area contributed by atoms with Gasteiger partial charge in [-0.2, -0.15) is 0 Å². The molecule has 2 aliphatic rings. The normalized spacial score (nSPS) is 39.3. The summed E-state index contributed by atoms with van der Waals surface area (Å²) in [6.45, 7) is 2.29. The van der Waals surface area contributed by atoms with E-state index < -0.39 is 0 Å². The van der Waals surface area contributed by atoms with E-state index in [-0.39, 0.29) is 28.7 Å². The smallest absolute Gasteiger partial charge is 0.186 e. The highest BCUT2D eigenvalue weighted by atomic mass is 32.2. The molecule has 0 unspecified atom stereocenters. The van der Waals surface area contributed by atoms with Gasteiger partial charge in [0.25, 0.3) is 0 Å². The highest BCUT2D eigenvalue weighted by molar-refractivity contribution is 8.14. The van der Waals surface area contributed by atoms with Gasteiger partial charge in [-0.3, -0.25) is 10.4 Å². The largest absolute Gasteiger partial charge is 0.765 e. The maximum absolute atomic E-state index is 11.0. The van der Waals surface area contributed by atoms with Gasteiger partial charge in [0.05, 0.1) is 18.5 Å². The molecular formula is C8H12NO5S-. The minimum atomic E-state index is -0.384. The van der Waals surface area contributed by atoms with Crippen LogP contribution in [-0.2, 0) is 19.1 Å². The molecule has 0 radical (unpaired) electrons. The zero-order valence-corrected chi connectivity index (χ0v) is 8.99. The van der Waals surface area contributed by atoms with Crippen LogP contribution >= 0.6 is 11.8 Å². The average molecular weight is 234 g/mol. The molecule has 0 bridgehead atoms. The van der Waals surface area contributed by atoms with Crippen molar-refractivity contribution in [3.8, 4) is 0 Å². The Balaban J connectivity index is 1.93. The fourth-order valence-corrected chi connectivity index (χ4v) is 2.85. The Morgan fingerprint density at radius 2 is 2.20 bits per heavy atom. The lowest BCUT2D eigenvalue weighted by Gasteiger charge is -2.18. The number of carbonyl (C=O) groups is 1. The van der Waals surface area contributed by atoms with Gasteiger partial charge in [0.1, 0.15) is 18.3 Å². The van der Waals surface area contributed by atoms with Crippen molar-refractivity contribution in [2.75, 3.05) is 13.2 Å². The van der Waals surface area contributed by atoms with Crippen molar-refractivity contribution < 1.29 is 19.1 Å². The summed E-state index contributed by atoms with van der Waals surface area (Å²) in [5.74, 6) is 0. The van der Waals surface area contributed by atoms with Gasteiger partial charge in [-0.25, -0.2) is 0 Å². The maximum Gasteiger partial charge on any atom is 0.186 e. The molecule has 0 aromatic heterocycles. The molecule has 2 aliphatic heterocycles. The van der Waals surface area contributed by atoms with Crippen LogP contribution < -0.4 is 5.64 Å². The van der Waals surface area contributed by atoms with Gasteiger partial charge in [-0.1, -0.05) is 11.8 Å². The number of hydrogen-bond donors (Lipinski definition) is 1. The van der Waals surface area contributed by atoms with Crippen molar-refractivity contribution in [3.05, 3.63) is 5.21 Å². The molecule has 15 heavy (non-hydrogen) atoms. The number of rotatable bonds is 3. The number of hydrogen-bond acceptors (Lipinski definition) is 7. The van der Waals surface area contributed by atoms with Crippen LogP contribution in [0.1, 0.15) is 6.92 Å². The second-order valence-electron chi connectivity index (χ2n) is 3.48. The molecule has 2 fully saturated rings. The molecule has 0 amide bonds. The van der Waals surface area contributed by atoms with Gasteiger partial charge in [-0.15, -0.1) is 0 Å². The Morgan fingerprint density at radius 3 is 2.87 bits per heavy atom. The van der Waals surface area contributed by atoms with Crippen molar-refractivity contribution in [3.63, 3.8) is 0 Å². The summed E-state index contributed by atoms with van der Waals surface area (Å²) in [5.41, 5.74) is 1.39. The lowest BCUT2D eigenvalue weighted by molar-refractivity contribution is -0.109. The third kappa shape index (κ3) is 2.32. The summed E-state index contributed by atoms with van der Waals surface area (Å²) in [5, 5.41) is 10.1. The van der Waals surface area contributed by atoms with E-state index in [9.17, 15) is 10.0 Å². The summed E-state index contributed by atoms with van der Waals surface area (Å²) >= 11 is 1.22. The van der Waals surface area contributed by atoms with Crippen molar-refractivity contribution in [1.29, 1.82) is 0 Å². The molecule has 6 nitrogen and oxygen atoms in total. The Labute approximate surface area is 91.2 Å². The first-order valence-electron chi connectivity index (χ1n) is 4.65. The fraction of sp³-hybridized carbons (Fsp3) is 0.875. The first-order valence-corrected chi connectivity index (χ1v) is 5.53. The summed E-state index contributed by atoms with van der Waals surface area (Å²) in [6, 6.07) is 0. The number of carbonyl (C=O) groups excluding carboxylic acids is 1. The monoisotopic (exact) mass is 234 g/mol. The third-order valence-corrected chi connectivity index (χ3v) is 3.52. The van der Waals surface area contributed by atoms with Crippen LogP contribution in [0.25, 0.3) is 0 Å². The molecule has 0 aromatic rings. The van der Waals surface area contributed by atoms with Crippen molar-refractivity contribution >= 4 is 16.9 Å². The highest BCUT2D eigenvalue weighted by Crippen LogP contribution is 2.34. The Bertz CT molecular complexity index is 251. The SMILES string of the molecule is CC(=O)S[C@H]1CO[C@H]2[C@@H]1OC[C@H]2ON[O-]. The molecule has 0 aliphatic carbocycles. The van der Waals surface area contributed by atoms with E-state index in [1.165, 1.54) is 24.3 Å². The van der Waals surface area contributed by atoms with E-state index in [1.807, 2.05) is 0 Å². The summed E-state index contributed by atoms with van der Waals surface area (Å²) in [7, 11) is 0. The minimum Gasteiger partial charge on any atom is -0.765 e. The quantitative estimate of drug-likeness (QED) is 0.678. The Morgan fingerprint density at radius 1 is 1.47 bits per heavy atom. The number of fused-ring (bicyclic) bond motifs is 1. The molecule has 4 atom stereocenters. The standard InChI is InChI=1S/C8H12NO5S/c1-4(10)15-6-3-13-7-5(14-9-11)2-12-8(6)7/h5-9H,2-3H2,1H3/q-1/t5-,6+,7-,8-/m1/s1. The topological polar surface area (TPSA) is 79.9 Å². The molecule has 0 saturated carbocycles. The van der Waals surface area contributed by atoms with Crippen LogP contribution in [0.15, 0.2) is 0 Å². The van der Waals surface area contributed by atoms with Gasteiger partial charge in [0.2, 0.25) is 0 Å². The van der Waals surface area contributed by atoms with Crippen LogP contribution in [0.4, 0.5) is 0 Å². The molecule has 2 rings (SSSR count). The van der Waals surface area contributed by atoms with E-state index in [4.69, 9.17) is 14.3 Å². The predicted molar refractivity (Wildman–Crippen MR) is 52.9 cm³/mol. The summed E-state index contributed by atoms with van der Waals surface area (Å²) in [4.78, 5) is 15.7. The van der Waals surface area contributed by atoms with Gasteiger partial charge >= 0.3 is 0 Å². The van der Waals surface area contributed by atoms with Crippen molar-refractivity contribution in [2.24, 2.45) is 0 Å². The second-order valence-corrected chi connectivity index (χ2v) is 4.90. The van der Waals surface area contributed by atoms with E-state index in [1.54, 1.807) is 0 Å². The number of nitrogens with one attached hydrogen (secondary N) is 1. The van der Waals surface area contributed by atoms with Crippen molar-refractivity contribution in [1.82, 2.24) is 5.64 Å². The Kier molecular flexibility index (Phi) is 3.60. The van der Waals surface area contributed by atoms with E-state index in [0.717, 1.165) is 0 Å². The molecule has 7 heteroatoms. The van der Waals surface area contributed by atoms with Gasteiger partial charge in [-0.05, 0) is 0 Å². The third-order valence-electron chi connectivity index (χ3n) is 2.48. The van der Waals surface area contributed by atoms with Crippen molar-refractivity contribution in [2.45, 2.75) is 30.5 Å². The molecule has 2 heterocycles. The summed E-state index contributed by atoms with van der Waals surface area (Å²) in [6.07, 6.45) is -0.786. The van der Waals surface area contributed by atoms with Gasteiger partial charge < -0.3 is 19.5 Å². The summed E-state index contributed by atoms with van der Waals surface area (Å²) < 4.78 is 10.9. The maximum atomic E-state index is 11.0. The molecule has 86 valence electrons. The molecular weight excluding hydrogens is 222 g/mol. The first-order chi connectivity index (χ1) is 7.22. The first kappa shape index (κ1) is 11.3. The van der Waals surface area contributed by atoms with Crippen LogP contribution in [0.5, 0.6) is 0 Å². The van der Waals surface area contributed by atoms with E-state index >= 15 is 0 Å². The zero-order chi connectivity index (χ0) is 10.8. The highest BCUT2D eigenvalue weighted by Gasteiger charge is 2.48. The van der Waals surface area contributed by atoms with Crippen LogP contribution in [0, 0.1) is 5.21 Å². The van der Waals surface area contributed by atoms with Crippen LogP contribution in [0.2, 0.25) is 0 Å². The lowest BCUT2D eigenvalue weighted by Crippen LogP contribution is -2.34. The lowest BCUT2D eigenvalue weighted by atomic mass is 10.1. The number of thioether (sulfide) groups is 1. The van der Waals surface area contributed by atoms with Crippen LogP contribution in [0.3, 0.4) is 0 Å². The predicted octanol–water partition coefficient (Wildman–Crippen LogP) is -0.180. The second kappa shape index (κ2) is 4.77. The Hall–Kier alpha value is -0.180. The molecule has 0 aromatic carbocycles. The van der Waals surface area contributed by atoms with E-state index in [2.05, 4.69) is 0 Å². The van der Waals surface area contributed by atoms with Crippen LogP contribution in [-0.4, -0.2) is 41.9 Å². The fourth-order valence-electron chi connectivity index (χ4n) is 1.91. The average Bonchev–Trinajstić information content (AvgIpc) is 2.71. The zero-order valence-electron chi connectivity index (χ0n) is 8.17. The molecule has 0 spiro atoms. The van der Waals surface area contributed by atoms with Gasteiger partial charge in [0, 0.05) is 6.92 Å². The van der Waals surface area contributed by atoms with Gasteiger partial charge in [0.15, 0.2) is 5.12 Å².